The first-order valence-corrected chi connectivity index (χ1v) is 9.12. The summed E-state index contributed by atoms with van der Waals surface area (Å²) < 4.78 is 37.4. The number of nitrogens with one attached hydrogen (secondary N) is 1. The average molecular weight is 410 g/mol. The van der Waals surface area contributed by atoms with E-state index in [1.54, 1.807) is 30.3 Å². The van der Waals surface area contributed by atoms with Crippen LogP contribution in [0.4, 0.5) is 0 Å². The zero-order valence-electron chi connectivity index (χ0n) is 12.2. The number of carbonyl (C=O) groups is 1. The minimum absolute atomic E-state index is 0.00975. The molecule has 0 fully saturated rings. The SMILES string of the molecule is O=C(/C=C/c1ccc2c(c1)OCO2)NS(=O)(=O)c1ccc(Br)cc1. The monoisotopic (exact) mass is 409 g/mol. The van der Waals surface area contributed by atoms with E-state index in [2.05, 4.69) is 15.9 Å². The molecule has 1 aliphatic heterocycles. The zero-order chi connectivity index (χ0) is 17.2. The van der Waals surface area contributed by atoms with Crippen LogP contribution >= 0.6 is 15.9 Å². The third-order valence-corrected chi connectivity index (χ3v) is 5.07. The van der Waals surface area contributed by atoms with Crippen LogP contribution in [-0.2, 0) is 14.8 Å². The van der Waals surface area contributed by atoms with Gasteiger partial charge in [-0.2, -0.15) is 0 Å². The molecule has 6 nitrogen and oxygen atoms in total. The second-order valence-corrected chi connectivity index (χ2v) is 7.47. The maximum absolute atomic E-state index is 12.1. The average Bonchev–Trinajstić information content (AvgIpc) is 3.00. The number of sulfonamides is 1. The molecule has 1 N–H and O–H groups in total. The Morgan fingerprint density at radius 1 is 1.08 bits per heavy atom. The number of rotatable bonds is 4. The molecule has 0 unspecified atom stereocenters. The molecule has 3 rings (SSSR count). The molecule has 0 aliphatic carbocycles. The molecule has 24 heavy (non-hydrogen) atoms. The van der Waals surface area contributed by atoms with Crippen LogP contribution in [0, 0.1) is 0 Å². The number of halogens is 1. The predicted octanol–water partition coefficient (Wildman–Crippen LogP) is 2.70. The van der Waals surface area contributed by atoms with Crippen LogP contribution in [0.15, 0.2) is 57.9 Å². The lowest BCUT2D eigenvalue weighted by atomic mass is 10.2. The Hall–Kier alpha value is -2.32. The topological polar surface area (TPSA) is 81.7 Å². The molecule has 124 valence electrons. The second kappa shape index (κ2) is 6.66. The lowest BCUT2D eigenvalue weighted by Gasteiger charge is -2.04. The smallest absolute Gasteiger partial charge is 0.264 e. The quantitative estimate of drug-likeness (QED) is 0.784. The number of hydrogen-bond donors (Lipinski definition) is 1. The fourth-order valence-corrected chi connectivity index (χ4v) is 3.24. The first-order valence-electron chi connectivity index (χ1n) is 6.84. The van der Waals surface area contributed by atoms with Gasteiger partial charge in [-0.25, -0.2) is 13.1 Å². The van der Waals surface area contributed by atoms with Crippen LogP contribution < -0.4 is 14.2 Å². The van der Waals surface area contributed by atoms with E-state index >= 15 is 0 Å². The van der Waals surface area contributed by atoms with Gasteiger partial charge in [-0.05, 0) is 48.0 Å². The third-order valence-electron chi connectivity index (χ3n) is 3.18. The summed E-state index contributed by atoms with van der Waals surface area (Å²) in [5.41, 5.74) is 0.690. The Morgan fingerprint density at radius 2 is 1.79 bits per heavy atom. The molecule has 1 heterocycles. The molecule has 0 saturated heterocycles. The van der Waals surface area contributed by atoms with Crippen molar-refractivity contribution in [2.24, 2.45) is 0 Å². The largest absolute Gasteiger partial charge is 0.454 e. The van der Waals surface area contributed by atoms with E-state index in [1.807, 2.05) is 4.72 Å². The Bertz CT molecular complexity index is 907. The van der Waals surface area contributed by atoms with E-state index in [-0.39, 0.29) is 11.7 Å². The van der Waals surface area contributed by atoms with Crippen molar-refractivity contribution in [3.05, 3.63) is 58.6 Å². The van der Waals surface area contributed by atoms with Crippen molar-refractivity contribution >= 4 is 37.9 Å². The van der Waals surface area contributed by atoms with Gasteiger partial charge in [-0.3, -0.25) is 4.79 Å². The summed E-state index contributed by atoms with van der Waals surface area (Å²) in [5.74, 6) is 0.477. The van der Waals surface area contributed by atoms with Crippen molar-refractivity contribution in [1.82, 2.24) is 4.72 Å². The summed E-state index contributed by atoms with van der Waals surface area (Å²) in [6.07, 6.45) is 2.64. The Balaban J connectivity index is 1.69. The maximum atomic E-state index is 12.1. The Morgan fingerprint density at radius 3 is 2.54 bits per heavy atom. The van der Waals surface area contributed by atoms with Gasteiger partial charge in [-0.15, -0.1) is 0 Å². The zero-order valence-corrected chi connectivity index (χ0v) is 14.6. The van der Waals surface area contributed by atoms with Crippen LogP contribution in [-0.4, -0.2) is 21.1 Å². The summed E-state index contributed by atoms with van der Waals surface area (Å²) in [7, 11) is -3.91. The van der Waals surface area contributed by atoms with Gasteiger partial charge in [0.15, 0.2) is 11.5 Å². The molecular formula is C16H12BrNO5S. The van der Waals surface area contributed by atoms with Gasteiger partial charge in [0.1, 0.15) is 0 Å². The highest BCUT2D eigenvalue weighted by Crippen LogP contribution is 2.32. The molecule has 0 bridgehead atoms. The molecule has 1 aliphatic rings. The van der Waals surface area contributed by atoms with Crippen molar-refractivity contribution in [1.29, 1.82) is 0 Å². The molecule has 0 aromatic heterocycles. The van der Waals surface area contributed by atoms with Gasteiger partial charge in [0.2, 0.25) is 6.79 Å². The molecule has 2 aromatic rings. The number of ether oxygens (including phenoxy) is 2. The lowest BCUT2D eigenvalue weighted by Crippen LogP contribution is -2.28. The van der Waals surface area contributed by atoms with Crippen LogP contribution in [0.25, 0.3) is 6.08 Å². The Labute approximate surface area is 147 Å². The lowest BCUT2D eigenvalue weighted by molar-refractivity contribution is -0.114. The van der Waals surface area contributed by atoms with E-state index in [9.17, 15) is 13.2 Å². The third kappa shape index (κ3) is 3.77. The number of amides is 1. The van der Waals surface area contributed by atoms with Crippen LogP contribution in [0.2, 0.25) is 0 Å². The Kier molecular flexibility index (Phi) is 4.59. The van der Waals surface area contributed by atoms with Gasteiger partial charge < -0.3 is 9.47 Å². The van der Waals surface area contributed by atoms with Crippen LogP contribution in [0.3, 0.4) is 0 Å². The molecular weight excluding hydrogens is 398 g/mol. The molecule has 2 aromatic carbocycles. The van der Waals surface area contributed by atoms with E-state index < -0.39 is 15.9 Å². The summed E-state index contributed by atoms with van der Waals surface area (Å²) in [5, 5.41) is 0. The molecule has 8 heteroatoms. The minimum atomic E-state index is -3.91. The fourth-order valence-electron chi connectivity index (χ4n) is 2.03. The number of fused-ring (bicyclic) bond motifs is 1. The van der Waals surface area contributed by atoms with Gasteiger partial charge in [0.25, 0.3) is 15.9 Å². The van der Waals surface area contributed by atoms with Crippen molar-refractivity contribution in [3.63, 3.8) is 0 Å². The first kappa shape index (κ1) is 16.5. The summed E-state index contributed by atoms with van der Waals surface area (Å²) in [6, 6.07) is 11.1. The van der Waals surface area contributed by atoms with Gasteiger partial charge in [-0.1, -0.05) is 22.0 Å². The number of benzene rings is 2. The fraction of sp³-hybridized carbons (Fsp3) is 0.0625. The van der Waals surface area contributed by atoms with E-state index in [4.69, 9.17) is 9.47 Å². The number of hydrogen-bond acceptors (Lipinski definition) is 5. The number of carbonyl (C=O) groups excluding carboxylic acids is 1. The highest BCUT2D eigenvalue weighted by Gasteiger charge is 2.16. The van der Waals surface area contributed by atoms with Crippen molar-refractivity contribution in [2.75, 3.05) is 6.79 Å². The van der Waals surface area contributed by atoms with Crippen molar-refractivity contribution in [3.8, 4) is 11.5 Å². The normalized spacial score (nSPS) is 13.2. The van der Waals surface area contributed by atoms with Gasteiger partial charge in [0.05, 0.1) is 4.90 Å². The summed E-state index contributed by atoms with van der Waals surface area (Å²) in [4.78, 5) is 11.9. The van der Waals surface area contributed by atoms with E-state index in [1.165, 1.54) is 18.2 Å². The molecule has 0 saturated carbocycles. The highest BCUT2D eigenvalue weighted by molar-refractivity contribution is 9.10. The molecule has 0 spiro atoms. The van der Waals surface area contributed by atoms with Crippen molar-refractivity contribution < 1.29 is 22.7 Å². The van der Waals surface area contributed by atoms with Crippen LogP contribution in [0.5, 0.6) is 11.5 Å². The van der Waals surface area contributed by atoms with E-state index in [0.29, 0.717) is 17.1 Å². The van der Waals surface area contributed by atoms with Gasteiger partial charge >= 0.3 is 0 Å². The molecule has 1 amide bonds. The molecule has 0 radical (unpaired) electrons. The van der Waals surface area contributed by atoms with Crippen LogP contribution in [0.1, 0.15) is 5.56 Å². The summed E-state index contributed by atoms with van der Waals surface area (Å²) >= 11 is 3.22. The van der Waals surface area contributed by atoms with E-state index in [0.717, 1.165) is 10.5 Å². The standard InChI is InChI=1S/C16H12BrNO5S/c17-12-3-5-13(6-4-12)24(20,21)18-16(19)8-2-11-1-7-14-15(9-11)23-10-22-14/h1-9H,10H2,(H,18,19)/b8-2+. The second-order valence-electron chi connectivity index (χ2n) is 4.87. The minimum Gasteiger partial charge on any atom is -0.454 e. The van der Waals surface area contributed by atoms with Crippen molar-refractivity contribution in [2.45, 2.75) is 4.90 Å². The molecule has 0 atom stereocenters. The highest BCUT2D eigenvalue weighted by atomic mass is 79.9. The first-order chi connectivity index (χ1) is 11.4. The summed E-state index contributed by atoms with van der Waals surface area (Å²) in [6.45, 7) is 0.161. The maximum Gasteiger partial charge on any atom is 0.264 e. The predicted molar refractivity (Wildman–Crippen MR) is 91.1 cm³/mol. The van der Waals surface area contributed by atoms with Gasteiger partial charge in [0, 0.05) is 10.5 Å².